The third-order valence-electron chi connectivity index (χ3n) is 3.67. The molecule has 0 saturated heterocycles. The summed E-state index contributed by atoms with van der Waals surface area (Å²) >= 11 is 5.79. The number of amides is 1. The van der Waals surface area contributed by atoms with Crippen molar-refractivity contribution in [3.63, 3.8) is 0 Å². The second-order valence-corrected chi connectivity index (χ2v) is 7.60. The number of anilines is 1. The first kappa shape index (κ1) is 19.2. The summed E-state index contributed by atoms with van der Waals surface area (Å²) < 4.78 is 26.4. The molecular weight excluding hydrogens is 364 g/mol. The zero-order valence-corrected chi connectivity index (χ0v) is 15.4. The van der Waals surface area contributed by atoms with Crippen molar-refractivity contribution in [2.45, 2.75) is 18.7 Å². The minimum Gasteiger partial charge on any atom is -0.506 e. The largest absolute Gasteiger partial charge is 0.506 e. The van der Waals surface area contributed by atoms with Gasteiger partial charge in [-0.2, -0.15) is 4.31 Å². The topological polar surface area (TPSA) is 86.7 Å². The standard InChI is InChI=1S/C17H19ClN2O4S/c1-3-20(4-2)25(23,24)14-9-10-16(21)15(11-14)19-17(22)12-5-7-13(18)8-6-12/h5-11,21H,3-4H2,1-2H3,(H,19,22). The summed E-state index contributed by atoms with van der Waals surface area (Å²) in [7, 11) is -3.69. The van der Waals surface area contributed by atoms with Crippen LogP contribution in [0.5, 0.6) is 5.75 Å². The molecule has 0 heterocycles. The van der Waals surface area contributed by atoms with E-state index in [2.05, 4.69) is 5.32 Å². The maximum atomic E-state index is 12.6. The Bertz CT molecular complexity index is 863. The number of nitrogens with one attached hydrogen (secondary N) is 1. The predicted molar refractivity (Wildman–Crippen MR) is 97.6 cm³/mol. The summed E-state index contributed by atoms with van der Waals surface area (Å²) in [5, 5.41) is 13.0. The van der Waals surface area contributed by atoms with E-state index in [1.54, 1.807) is 26.0 Å². The SMILES string of the molecule is CCN(CC)S(=O)(=O)c1ccc(O)c(NC(=O)c2ccc(Cl)cc2)c1. The zero-order valence-electron chi connectivity index (χ0n) is 13.9. The molecule has 2 aromatic carbocycles. The van der Waals surface area contributed by atoms with Gasteiger partial charge in [-0.05, 0) is 42.5 Å². The van der Waals surface area contributed by atoms with Crippen LogP contribution in [0.1, 0.15) is 24.2 Å². The van der Waals surface area contributed by atoms with Gasteiger partial charge in [-0.1, -0.05) is 25.4 Å². The summed E-state index contributed by atoms with van der Waals surface area (Å²) in [6, 6.07) is 10.00. The number of nitrogens with zero attached hydrogens (tertiary/aromatic N) is 1. The van der Waals surface area contributed by atoms with Crippen LogP contribution in [0, 0.1) is 0 Å². The minimum atomic E-state index is -3.69. The van der Waals surface area contributed by atoms with Crippen LogP contribution in [0.4, 0.5) is 5.69 Å². The number of carbonyl (C=O) groups excluding carboxylic acids is 1. The van der Waals surface area contributed by atoms with Crippen molar-refractivity contribution in [1.29, 1.82) is 0 Å². The third kappa shape index (κ3) is 4.31. The van der Waals surface area contributed by atoms with Crippen molar-refractivity contribution in [2.75, 3.05) is 18.4 Å². The molecule has 8 heteroatoms. The number of phenolic OH excluding ortho intramolecular Hbond substituents is 1. The van der Waals surface area contributed by atoms with E-state index in [-0.39, 0.29) is 16.3 Å². The van der Waals surface area contributed by atoms with Crippen LogP contribution in [0.25, 0.3) is 0 Å². The van der Waals surface area contributed by atoms with Crippen LogP contribution in [0.15, 0.2) is 47.4 Å². The summed E-state index contributed by atoms with van der Waals surface area (Å²) in [6.45, 7) is 4.13. The zero-order chi connectivity index (χ0) is 18.6. The van der Waals surface area contributed by atoms with E-state index in [1.165, 1.54) is 34.6 Å². The number of sulfonamides is 1. The van der Waals surface area contributed by atoms with Crippen LogP contribution >= 0.6 is 11.6 Å². The number of carbonyl (C=O) groups is 1. The summed E-state index contributed by atoms with van der Waals surface area (Å²) in [5.74, 6) is -0.704. The first-order valence-corrected chi connectivity index (χ1v) is 9.51. The number of aromatic hydroxyl groups is 1. The van der Waals surface area contributed by atoms with Gasteiger partial charge in [-0.3, -0.25) is 4.79 Å². The fraction of sp³-hybridized carbons (Fsp3) is 0.235. The minimum absolute atomic E-state index is 0.000376. The number of phenols is 1. The highest BCUT2D eigenvalue weighted by Crippen LogP contribution is 2.28. The molecule has 1 amide bonds. The Hall–Kier alpha value is -2.09. The molecule has 134 valence electrons. The molecule has 0 bridgehead atoms. The Morgan fingerprint density at radius 1 is 1.12 bits per heavy atom. The van der Waals surface area contributed by atoms with Crippen LogP contribution in [0.3, 0.4) is 0 Å². The van der Waals surface area contributed by atoms with Gasteiger partial charge >= 0.3 is 0 Å². The molecule has 0 aromatic heterocycles. The molecule has 0 aliphatic rings. The monoisotopic (exact) mass is 382 g/mol. The maximum Gasteiger partial charge on any atom is 0.255 e. The lowest BCUT2D eigenvalue weighted by Gasteiger charge is -2.19. The van der Waals surface area contributed by atoms with E-state index in [9.17, 15) is 18.3 Å². The lowest BCUT2D eigenvalue weighted by atomic mass is 10.2. The van der Waals surface area contributed by atoms with E-state index in [0.717, 1.165) is 0 Å². The summed E-state index contributed by atoms with van der Waals surface area (Å²) in [4.78, 5) is 12.3. The first-order valence-electron chi connectivity index (χ1n) is 7.69. The first-order chi connectivity index (χ1) is 11.8. The molecule has 0 radical (unpaired) electrons. The maximum absolute atomic E-state index is 12.6. The summed E-state index contributed by atoms with van der Waals surface area (Å²) in [6.07, 6.45) is 0. The lowest BCUT2D eigenvalue weighted by molar-refractivity contribution is 0.102. The Labute approximate surface area is 152 Å². The molecule has 0 aliphatic carbocycles. The molecule has 2 N–H and O–H groups in total. The van der Waals surface area contributed by atoms with Crippen molar-refractivity contribution in [2.24, 2.45) is 0 Å². The number of hydrogen-bond acceptors (Lipinski definition) is 4. The van der Waals surface area contributed by atoms with Gasteiger partial charge in [-0.15, -0.1) is 0 Å². The fourth-order valence-electron chi connectivity index (χ4n) is 2.28. The highest BCUT2D eigenvalue weighted by Gasteiger charge is 2.23. The van der Waals surface area contributed by atoms with Crippen molar-refractivity contribution < 1.29 is 18.3 Å². The average molecular weight is 383 g/mol. The van der Waals surface area contributed by atoms with Crippen LogP contribution < -0.4 is 5.32 Å². The summed E-state index contributed by atoms with van der Waals surface area (Å²) in [5.41, 5.74) is 0.356. The molecule has 0 aliphatic heterocycles. The molecule has 0 atom stereocenters. The molecule has 25 heavy (non-hydrogen) atoms. The fourth-order valence-corrected chi connectivity index (χ4v) is 3.89. The molecule has 0 spiro atoms. The molecule has 0 fully saturated rings. The van der Waals surface area contributed by atoms with Crippen molar-refractivity contribution >= 4 is 33.2 Å². The van der Waals surface area contributed by atoms with Gasteiger partial charge in [0.25, 0.3) is 5.91 Å². The van der Waals surface area contributed by atoms with E-state index in [1.807, 2.05) is 0 Å². The predicted octanol–water partition coefficient (Wildman–Crippen LogP) is 3.33. The second kappa shape index (κ2) is 7.86. The van der Waals surface area contributed by atoms with Gasteiger partial charge in [-0.25, -0.2) is 8.42 Å². The average Bonchev–Trinajstić information content (AvgIpc) is 2.58. The third-order valence-corrected chi connectivity index (χ3v) is 5.96. The van der Waals surface area contributed by atoms with Gasteiger partial charge in [0.1, 0.15) is 5.75 Å². The lowest BCUT2D eigenvalue weighted by Crippen LogP contribution is -2.30. The molecule has 0 unspecified atom stereocenters. The van der Waals surface area contributed by atoms with Crippen molar-refractivity contribution in [3.8, 4) is 5.75 Å². The Morgan fingerprint density at radius 2 is 1.72 bits per heavy atom. The number of halogens is 1. The van der Waals surface area contributed by atoms with Crippen LogP contribution in [0.2, 0.25) is 5.02 Å². The van der Waals surface area contributed by atoms with Crippen LogP contribution in [-0.4, -0.2) is 36.8 Å². The van der Waals surface area contributed by atoms with Crippen molar-refractivity contribution in [3.05, 3.63) is 53.1 Å². The van der Waals surface area contributed by atoms with Gasteiger partial charge in [0.05, 0.1) is 10.6 Å². The molecule has 2 rings (SSSR count). The van der Waals surface area contributed by atoms with Gasteiger partial charge in [0.15, 0.2) is 0 Å². The van der Waals surface area contributed by atoms with Crippen LogP contribution in [-0.2, 0) is 10.0 Å². The molecule has 0 saturated carbocycles. The van der Waals surface area contributed by atoms with Gasteiger partial charge in [0, 0.05) is 23.7 Å². The molecule has 6 nitrogen and oxygen atoms in total. The number of hydrogen-bond donors (Lipinski definition) is 2. The number of benzene rings is 2. The Morgan fingerprint density at radius 3 is 2.28 bits per heavy atom. The van der Waals surface area contributed by atoms with Gasteiger partial charge < -0.3 is 10.4 Å². The highest BCUT2D eigenvalue weighted by atomic mass is 35.5. The quantitative estimate of drug-likeness (QED) is 0.750. The molecule has 2 aromatic rings. The Balaban J connectivity index is 2.33. The van der Waals surface area contributed by atoms with E-state index in [0.29, 0.717) is 23.7 Å². The highest BCUT2D eigenvalue weighted by molar-refractivity contribution is 7.89. The van der Waals surface area contributed by atoms with E-state index >= 15 is 0 Å². The number of rotatable bonds is 6. The smallest absolute Gasteiger partial charge is 0.255 e. The van der Waals surface area contributed by atoms with E-state index in [4.69, 9.17) is 11.6 Å². The molecular formula is C17H19ClN2O4S. The van der Waals surface area contributed by atoms with Gasteiger partial charge in [0.2, 0.25) is 10.0 Å². The Kier molecular flexibility index (Phi) is 6.05. The normalized spacial score (nSPS) is 11.5. The second-order valence-electron chi connectivity index (χ2n) is 5.23. The van der Waals surface area contributed by atoms with E-state index < -0.39 is 15.9 Å². The van der Waals surface area contributed by atoms with Crippen molar-refractivity contribution in [1.82, 2.24) is 4.31 Å².